The first-order valence-corrected chi connectivity index (χ1v) is 4.18. The average Bonchev–Trinajstić information content (AvgIpc) is 2.15. The van der Waals surface area contributed by atoms with Crippen LogP contribution in [-0.2, 0) is 5.88 Å². The van der Waals surface area contributed by atoms with Crippen LogP contribution in [0.5, 0.6) is 0 Å². The van der Waals surface area contributed by atoms with E-state index in [1.54, 1.807) is 0 Å². The second kappa shape index (κ2) is 4.43. The summed E-state index contributed by atoms with van der Waals surface area (Å²) >= 11 is 5.25. The zero-order chi connectivity index (χ0) is 11.6. The summed E-state index contributed by atoms with van der Waals surface area (Å²) in [5, 5.41) is 10.4. The first-order chi connectivity index (χ1) is 6.99. The lowest BCUT2D eigenvalue weighted by Gasteiger charge is -2.05. The second-order valence-corrected chi connectivity index (χ2v) is 2.78. The molecule has 0 bridgehead atoms. The fourth-order valence-corrected chi connectivity index (χ4v) is 1.31. The molecule has 1 heterocycles. The van der Waals surface area contributed by atoms with Crippen molar-refractivity contribution in [1.82, 2.24) is 4.98 Å². The monoisotopic (exact) mass is 240 g/mol. The van der Waals surface area contributed by atoms with Gasteiger partial charge in [-0.05, 0) is 0 Å². The highest BCUT2D eigenvalue weighted by Gasteiger charge is 2.27. The molecule has 0 radical (unpaired) electrons. The van der Waals surface area contributed by atoms with Crippen LogP contribution < -0.4 is 0 Å². The molecule has 0 amide bonds. The number of hydrogen-bond donors (Lipinski definition) is 0. The molecule has 4 nitrogen and oxygen atoms in total. The van der Waals surface area contributed by atoms with Gasteiger partial charge in [-0.15, -0.1) is 11.6 Å². The number of pyridine rings is 1. The van der Waals surface area contributed by atoms with Crippen molar-refractivity contribution in [1.29, 1.82) is 0 Å². The molecule has 0 atom stereocenters. The summed E-state index contributed by atoms with van der Waals surface area (Å²) in [5.74, 6) is -1.87. The molecule has 8 heteroatoms. The summed E-state index contributed by atoms with van der Waals surface area (Å²) in [6.45, 7) is 0. The molecule has 1 rings (SSSR count). The largest absolute Gasteiger partial charge is 0.312 e. The summed E-state index contributed by atoms with van der Waals surface area (Å²) in [7, 11) is 0. The maximum absolute atomic E-state index is 12.9. The number of aromatic nitrogens is 1. The summed E-state index contributed by atoms with van der Waals surface area (Å²) in [5.41, 5.74) is -2.50. The Labute approximate surface area is 86.8 Å². The Hall–Kier alpha value is -1.37. The highest BCUT2D eigenvalue weighted by atomic mass is 35.5. The zero-order valence-electron chi connectivity index (χ0n) is 7.08. The Morgan fingerprint density at radius 3 is 2.60 bits per heavy atom. The van der Waals surface area contributed by atoms with Gasteiger partial charge in [0.25, 0.3) is 6.43 Å². The molecule has 0 unspecified atom stereocenters. The normalized spacial score (nSPS) is 10.7. The van der Waals surface area contributed by atoms with Crippen LogP contribution in [-0.4, -0.2) is 9.91 Å². The molecule has 1 aromatic rings. The Balaban J connectivity index is 3.47. The Bertz CT molecular complexity index is 400. The minimum atomic E-state index is -3.03. The van der Waals surface area contributed by atoms with Crippen LogP contribution in [0.15, 0.2) is 6.20 Å². The van der Waals surface area contributed by atoms with Crippen LogP contribution in [0.25, 0.3) is 0 Å². The molecule has 0 saturated carbocycles. The predicted molar refractivity (Wildman–Crippen MR) is 45.4 cm³/mol. The lowest BCUT2D eigenvalue weighted by Crippen LogP contribution is -2.05. The molecule has 1 aromatic heterocycles. The van der Waals surface area contributed by atoms with Crippen molar-refractivity contribution in [2.45, 2.75) is 12.3 Å². The van der Waals surface area contributed by atoms with Crippen molar-refractivity contribution in [3.8, 4) is 0 Å². The van der Waals surface area contributed by atoms with Crippen LogP contribution in [0, 0.1) is 15.9 Å². The van der Waals surface area contributed by atoms with E-state index in [9.17, 15) is 23.3 Å². The van der Waals surface area contributed by atoms with Gasteiger partial charge in [0.15, 0.2) is 0 Å². The number of nitrogens with zero attached hydrogens (tertiary/aromatic N) is 2. The minimum absolute atomic E-state index is 0.385. The molecule has 15 heavy (non-hydrogen) atoms. The van der Waals surface area contributed by atoms with Gasteiger partial charge in [-0.25, -0.2) is 8.78 Å². The van der Waals surface area contributed by atoms with Crippen LogP contribution in [0.4, 0.5) is 18.9 Å². The van der Waals surface area contributed by atoms with Crippen molar-refractivity contribution >= 4 is 17.3 Å². The molecular weight excluding hydrogens is 237 g/mol. The highest BCUT2D eigenvalue weighted by Crippen LogP contribution is 2.31. The number of nitro groups is 1. The van der Waals surface area contributed by atoms with E-state index in [1.807, 2.05) is 0 Å². The quantitative estimate of drug-likeness (QED) is 0.464. The average molecular weight is 241 g/mol. The van der Waals surface area contributed by atoms with Gasteiger partial charge in [-0.2, -0.15) is 4.39 Å². The van der Waals surface area contributed by atoms with Gasteiger partial charge >= 0.3 is 5.69 Å². The molecule has 0 spiro atoms. The third kappa shape index (κ3) is 2.17. The van der Waals surface area contributed by atoms with E-state index < -0.39 is 40.0 Å². The minimum Gasteiger partial charge on any atom is -0.258 e. The first-order valence-electron chi connectivity index (χ1n) is 3.64. The standard InChI is InChI=1S/C7H4ClF3N2O2/c8-1-3-5(7(10)11)12-2-4(9)6(3)13(14)15/h2,7H,1H2. The summed E-state index contributed by atoms with van der Waals surface area (Å²) in [4.78, 5) is 12.4. The summed E-state index contributed by atoms with van der Waals surface area (Å²) < 4.78 is 37.6. The van der Waals surface area contributed by atoms with Gasteiger partial charge in [-0.3, -0.25) is 15.1 Å². The Morgan fingerprint density at radius 1 is 1.60 bits per heavy atom. The van der Waals surface area contributed by atoms with E-state index in [0.29, 0.717) is 6.20 Å². The second-order valence-electron chi connectivity index (χ2n) is 2.51. The van der Waals surface area contributed by atoms with Crippen molar-refractivity contribution in [3.63, 3.8) is 0 Å². The van der Waals surface area contributed by atoms with E-state index in [2.05, 4.69) is 4.98 Å². The van der Waals surface area contributed by atoms with Crippen molar-refractivity contribution in [2.24, 2.45) is 0 Å². The molecule has 0 fully saturated rings. The van der Waals surface area contributed by atoms with Crippen LogP contribution >= 0.6 is 11.6 Å². The third-order valence-corrected chi connectivity index (χ3v) is 1.93. The highest BCUT2D eigenvalue weighted by molar-refractivity contribution is 6.17. The molecule has 0 aliphatic heterocycles. The number of halogens is 4. The number of hydrogen-bond acceptors (Lipinski definition) is 3. The van der Waals surface area contributed by atoms with Gasteiger partial charge in [0, 0.05) is 0 Å². The van der Waals surface area contributed by atoms with Crippen LogP contribution in [0.1, 0.15) is 17.7 Å². The van der Waals surface area contributed by atoms with Gasteiger partial charge in [0.2, 0.25) is 5.82 Å². The molecule has 0 N–H and O–H groups in total. The predicted octanol–water partition coefficient (Wildman–Crippen LogP) is 2.81. The molecule has 0 saturated heterocycles. The van der Waals surface area contributed by atoms with Crippen LogP contribution in [0.2, 0.25) is 0 Å². The molecule has 82 valence electrons. The maximum atomic E-state index is 12.9. The fourth-order valence-electron chi connectivity index (χ4n) is 1.05. The van der Waals surface area contributed by atoms with Crippen molar-refractivity contribution < 1.29 is 18.1 Å². The summed E-state index contributed by atoms with van der Waals surface area (Å²) in [6.07, 6.45) is -2.64. The van der Waals surface area contributed by atoms with Gasteiger partial charge in [0.05, 0.1) is 22.6 Å². The molecule has 0 aromatic carbocycles. The van der Waals surface area contributed by atoms with E-state index in [4.69, 9.17) is 11.6 Å². The third-order valence-electron chi connectivity index (χ3n) is 1.66. The maximum Gasteiger partial charge on any atom is 0.312 e. The van der Waals surface area contributed by atoms with E-state index in [1.165, 1.54) is 0 Å². The van der Waals surface area contributed by atoms with Crippen molar-refractivity contribution in [2.75, 3.05) is 0 Å². The van der Waals surface area contributed by atoms with Gasteiger partial charge in [0.1, 0.15) is 5.69 Å². The summed E-state index contributed by atoms with van der Waals surface area (Å²) in [6, 6.07) is 0. The number of alkyl halides is 3. The Morgan fingerprint density at radius 2 is 2.20 bits per heavy atom. The topological polar surface area (TPSA) is 56.0 Å². The number of rotatable bonds is 3. The molecule has 0 aliphatic carbocycles. The fraction of sp³-hybridized carbons (Fsp3) is 0.286. The van der Waals surface area contributed by atoms with Crippen LogP contribution in [0.3, 0.4) is 0 Å². The van der Waals surface area contributed by atoms with E-state index in [-0.39, 0.29) is 0 Å². The Kier molecular flexibility index (Phi) is 3.46. The van der Waals surface area contributed by atoms with E-state index >= 15 is 0 Å². The smallest absolute Gasteiger partial charge is 0.258 e. The van der Waals surface area contributed by atoms with E-state index in [0.717, 1.165) is 0 Å². The lowest BCUT2D eigenvalue weighted by atomic mass is 10.2. The first kappa shape index (κ1) is 11.7. The van der Waals surface area contributed by atoms with Gasteiger partial charge < -0.3 is 0 Å². The molecular formula is C7H4ClF3N2O2. The zero-order valence-corrected chi connectivity index (χ0v) is 7.84. The van der Waals surface area contributed by atoms with Crippen molar-refractivity contribution in [3.05, 3.63) is 33.4 Å². The molecule has 0 aliphatic rings. The van der Waals surface area contributed by atoms with Gasteiger partial charge in [-0.1, -0.05) is 0 Å². The SMILES string of the molecule is O=[N+]([O-])c1c(F)cnc(C(F)F)c1CCl. The lowest BCUT2D eigenvalue weighted by molar-refractivity contribution is -0.388.